The number of hydrogen-bond acceptors (Lipinski definition) is 1. The van der Waals surface area contributed by atoms with Gasteiger partial charge in [0, 0.05) is 12.1 Å². The van der Waals surface area contributed by atoms with Crippen LogP contribution in [0.1, 0.15) is 61.3 Å². The van der Waals surface area contributed by atoms with Crippen LogP contribution in [0, 0.1) is 16.7 Å². The normalized spacial score (nSPS) is 34.2. The van der Waals surface area contributed by atoms with Gasteiger partial charge in [-0.1, -0.05) is 48.5 Å². The smallest absolute Gasteiger partial charge is 0.0121 e. The second-order valence-corrected chi connectivity index (χ2v) is 7.58. The number of hydrogen-bond donors (Lipinski definition) is 1. The molecule has 1 heteroatoms. The molecule has 90 valence electrons. The molecule has 2 atom stereocenters. The van der Waals surface area contributed by atoms with Crippen molar-refractivity contribution in [3.8, 4) is 0 Å². The van der Waals surface area contributed by atoms with E-state index in [1.165, 1.54) is 12.8 Å². The molecule has 1 fully saturated rings. The van der Waals surface area contributed by atoms with Gasteiger partial charge in [0.05, 0.1) is 0 Å². The Bertz CT molecular complexity index is 184. The Hall–Kier alpha value is -0.0400. The predicted molar refractivity (Wildman–Crippen MR) is 68.0 cm³/mol. The SMILES string of the molecule is CC1CC(C(C)(C)C)NC(C(C)(C)C)C1. The van der Waals surface area contributed by atoms with Crippen LogP contribution in [0.5, 0.6) is 0 Å². The van der Waals surface area contributed by atoms with E-state index in [0.717, 1.165) is 5.92 Å². The Morgan fingerprint density at radius 3 is 1.40 bits per heavy atom. The second-order valence-electron chi connectivity index (χ2n) is 7.58. The molecular weight excluding hydrogens is 182 g/mol. The van der Waals surface area contributed by atoms with E-state index >= 15 is 0 Å². The first-order valence-corrected chi connectivity index (χ1v) is 6.37. The first-order valence-electron chi connectivity index (χ1n) is 6.37. The van der Waals surface area contributed by atoms with Gasteiger partial charge in [-0.3, -0.25) is 0 Å². The third-order valence-corrected chi connectivity index (χ3v) is 3.77. The van der Waals surface area contributed by atoms with Crippen LogP contribution in [0.25, 0.3) is 0 Å². The molecule has 1 rings (SSSR count). The molecule has 1 saturated heterocycles. The fourth-order valence-electron chi connectivity index (χ4n) is 2.49. The molecule has 0 aromatic carbocycles. The fraction of sp³-hybridized carbons (Fsp3) is 1.00. The zero-order valence-corrected chi connectivity index (χ0v) is 11.6. The van der Waals surface area contributed by atoms with Crippen molar-refractivity contribution in [3.05, 3.63) is 0 Å². The highest BCUT2D eigenvalue weighted by Crippen LogP contribution is 2.35. The molecule has 2 unspecified atom stereocenters. The van der Waals surface area contributed by atoms with Gasteiger partial charge in [-0.05, 0) is 29.6 Å². The van der Waals surface area contributed by atoms with Gasteiger partial charge in [-0.2, -0.15) is 0 Å². The van der Waals surface area contributed by atoms with Crippen molar-refractivity contribution < 1.29 is 0 Å². The Morgan fingerprint density at radius 2 is 1.13 bits per heavy atom. The van der Waals surface area contributed by atoms with Gasteiger partial charge in [-0.25, -0.2) is 0 Å². The summed E-state index contributed by atoms with van der Waals surface area (Å²) >= 11 is 0. The maximum absolute atomic E-state index is 3.86. The van der Waals surface area contributed by atoms with Crippen molar-refractivity contribution in [2.45, 2.75) is 73.4 Å². The van der Waals surface area contributed by atoms with Crippen molar-refractivity contribution in [2.24, 2.45) is 16.7 Å². The molecule has 0 saturated carbocycles. The molecule has 1 aliphatic rings. The van der Waals surface area contributed by atoms with Crippen molar-refractivity contribution >= 4 is 0 Å². The molecule has 1 N–H and O–H groups in total. The Balaban J connectivity index is 2.73. The summed E-state index contributed by atoms with van der Waals surface area (Å²) < 4.78 is 0. The zero-order chi connectivity index (χ0) is 11.9. The minimum absolute atomic E-state index is 0.387. The van der Waals surface area contributed by atoms with Gasteiger partial charge in [0.15, 0.2) is 0 Å². The lowest BCUT2D eigenvalue weighted by atomic mass is 9.72. The zero-order valence-electron chi connectivity index (χ0n) is 11.6. The molecule has 0 bridgehead atoms. The van der Waals surface area contributed by atoms with Crippen molar-refractivity contribution in [2.75, 3.05) is 0 Å². The summed E-state index contributed by atoms with van der Waals surface area (Å²) in [6.45, 7) is 16.5. The summed E-state index contributed by atoms with van der Waals surface area (Å²) in [5, 5.41) is 3.86. The standard InChI is InChI=1S/C14H29N/c1-10-8-11(13(2,3)4)15-12(9-10)14(5,6)7/h10-12,15H,8-9H2,1-7H3. The van der Waals surface area contributed by atoms with E-state index in [-0.39, 0.29) is 0 Å². The first kappa shape index (κ1) is 13.0. The van der Waals surface area contributed by atoms with Crippen LogP contribution in [0.15, 0.2) is 0 Å². The highest BCUT2D eigenvalue weighted by Gasteiger charge is 2.37. The minimum atomic E-state index is 0.387. The molecule has 1 aliphatic heterocycles. The van der Waals surface area contributed by atoms with Crippen molar-refractivity contribution in [1.29, 1.82) is 0 Å². The number of nitrogens with one attached hydrogen (secondary N) is 1. The molecule has 0 spiro atoms. The third-order valence-electron chi connectivity index (χ3n) is 3.77. The Labute approximate surface area is 96.0 Å². The molecule has 0 amide bonds. The summed E-state index contributed by atoms with van der Waals surface area (Å²) in [6, 6.07) is 1.34. The summed E-state index contributed by atoms with van der Waals surface area (Å²) in [4.78, 5) is 0. The van der Waals surface area contributed by atoms with E-state index in [1.807, 2.05) is 0 Å². The van der Waals surface area contributed by atoms with Gasteiger partial charge in [0.2, 0.25) is 0 Å². The van der Waals surface area contributed by atoms with E-state index < -0.39 is 0 Å². The quantitative estimate of drug-likeness (QED) is 0.642. The van der Waals surface area contributed by atoms with Crippen LogP contribution >= 0.6 is 0 Å². The van der Waals surface area contributed by atoms with Gasteiger partial charge < -0.3 is 5.32 Å². The lowest BCUT2D eigenvalue weighted by Gasteiger charge is -2.46. The largest absolute Gasteiger partial charge is 0.310 e. The van der Waals surface area contributed by atoms with Crippen LogP contribution in [0.2, 0.25) is 0 Å². The average molecular weight is 211 g/mol. The molecule has 0 radical (unpaired) electrons. The molecule has 1 heterocycles. The molecule has 0 aromatic heterocycles. The van der Waals surface area contributed by atoms with E-state index in [9.17, 15) is 0 Å². The molecular formula is C14H29N. The van der Waals surface area contributed by atoms with Crippen LogP contribution in [0.3, 0.4) is 0 Å². The van der Waals surface area contributed by atoms with E-state index in [1.54, 1.807) is 0 Å². The number of rotatable bonds is 0. The van der Waals surface area contributed by atoms with Crippen LogP contribution in [-0.2, 0) is 0 Å². The monoisotopic (exact) mass is 211 g/mol. The van der Waals surface area contributed by atoms with Crippen LogP contribution < -0.4 is 5.32 Å². The maximum Gasteiger partial charge on any atom is 0.0121 e. The summed E-state index contributed by atoms with van der Waals surface area (Å²) in [5.74, 6) is 0.861. The fourth-order valence-corrected chi connectivity index (χ4v) is 2.49. The van der Waals surface area contributed by atoms with E-state index in [2.05, 4.69) is 53.8 Å². The second kappa shape index (κ2) is 4.08. The van der Waals surface area contributed by atoms with E-state index in [0.29, 0.717) is 22.9 Å². The summed E-state index contributed by atoms with van der Waals surface area (Å²) in [5.41, 5.74) is 0.774. The van der Waals surface area contributed by atoms with Crippen LogP contribution in [0.4, 0.5) is 0 Å². The molecule has 1 nitrogen and oxygen atoms in total. The number of piperidine rings is 1. The Kier molecular flexibility index (Phi) is 3.55. The highest BCUT2D eigenvalue weighted by atomic mass is 15.0. The minimum Gasteiger partial charge on any atom is -0.310 e. The molecule has 15 heavy (non-hydrogen) atoms. The topological polar surface area (TPSA) is 12.0 Å². The molecule has 0 aliphatic carbocycles. The van der Waals surface area contributed by atoms with Crippen LogP contribution in [-0.4, -0.2) is 12.1 Å². The van der Waals surface area contributed by atoms with E-state index in [4.69, 9.17) is 0 Å². The van der Waals surface area contributed by atoms with Crippen molar-refractivity contribution in [1.82, 2.24) is 5.32 Å². The van der Waals surface area contributed by atoms with Crippen molar-refractivity contribution in [3.63, 3.8) is 0 Å². The Morgan fingerprint density at radius 1 is 0.800 bits per heavy atom. The predicted octanol–water partition coefficient (Wildman–Crippen LogP) is 3.84. The van der Waals surface area contributed by atoms with Gasteiger partial charge in [0.25, 0.3) is 0 Å². The summed E-state index contributed by atoms with van der Waals surface area (Å²) in [7, 11) is 0. The van der Waals surface area contributed by atoms with Gasteiger partial charge >= 0.3 is 0 Å². The average Bonchev–Trinajstić information content (AvgIpc) is 1.99. The first-order chi connectivity index (χ1) is 6.60. The molecule has 0 aromatic rings. The summed E-state index contributed by atoms with van der Waals surface area (Å²) in [6.07, 6.45) is 2.66. The lowest BCUT2D eigenvalue weighted by Crippen LogP contribution is -2.55. The van der Waals surface area contributed by atoms with Gasteiger partial charge in [0.1, 0.15) is 0 Å². The van der Waals surface area contributed by atoms with Gasteiger partial charge in [-0.15, -0.1) is 0 Å². The third kappa shape index (κ3) is 3.48. The highest BCUT2D eigenvalue weighted by molar-refractivity contribution is 4.94. The maximum atomic E-state index is 3.86. The lowest BCUT2D eigenvalue weighted by molar-refractivity contribution is 0.104.